The summed E-state index contributed by atoms with van der Waals surface area (Å²) < 4.78 is 28.8. The van der Waals surface area contributed by atoms with Crippen LogP contribution in [0.4, 0.5) is 0 Å². The molecule has 0 aliphatic heterocycles. The third-order valence-electron chi connectivity index (χ3n) is 1.83. The monoisotopic (exact) mass is 243 g/mol. The highest BCUT2D eigenvalue weighted by Gasteiger charge is 2.08. The number of benzene rings is 1. The number of rotatable bonds is 5. The Hall–Kier alpha value is -1.40. The van der Waals surface area contributed by atoms with Crippen molar-refractivity contribution >= 4 is 16.1 Å². The van der Waals surface area contributed by atoms with Crippen molar-refractivity contribution in [2.75, 3.05) is 7.05 Å². The molecule has 0 unspecified atom stereocenters. The minimum atomic E-state index is -3.73. The fourth-order valence-electron chi connectivity index (χ4n) is 1.12. The van der Waals surface area contributed by atoms with Crippen LogP contribution < -0.4 is 8.91 Å². The Morgan fingerprint density at radius 2 is 1.88 bits per heavy atom. The first kappa shape index (κ1) is 12.7. The zero-order chi connectivity index (χ0) is 12.2. The molecular weight excluding hydrogens is 230 g/mol. The van der Waals surface area contributed by atoms with Crippen molar-refractivity contribution in [2.24, 2.45) is 0 Å². The number of carbonyl (C=O) groups excluding carboxylic acids is 1. The van der Waals surface area contributed by atoms with Gasteiger partial charge in [-0.25, -0.2) is 0 Å². The molecule has 5 nitrogen and oxygen atoms in total. The minimum absolute atomic E-state index is 0.0523. The van der Waals surface area contributed by atoms with E-state index in [1.165, 1.54) is 26.1 Å². The number of ketones is 1. The van der Waals surface area contributed by atoms with Gasteiger partial charge in [-0.3, -0.25) is 4.79 Å². The van der Waals surface area contributed by atoms with E-state index in [1.807, 2.05) is 4.72 Å². The zero-order valence-corrected chi connectivity index (χ0v) is 9.87. The molecule has 6 heteroatoms. The van der Waals surface area contributed by atoms with E-state index in [-0.39, 0.29) is 11.5 Å². The molecule has 1 aromatic rings. The van der Waals surface area contributed by atoms with Crippen LogP contribution in [0.5, 0.6) is 5.75 Å². The topological polar surface area (TPSA) is 72.5 Å². The lowest BCUT2D eigenvalue weighted by Gasteiger charge is -2.05. The Morgan fingerprint density at radius 1 is 1.31 bits per heavy atom. The van der Waals surface area contributed by atoms with E-state index in [1.54, 1.807) is 12.1 Å². The lowest BCUT2D eigenvalue weighted by molar-refractivity contribution is -0.116. The zero-order valence-electron chi connectivity index (χ0n) is 9.06. The first-order valence-electron chi connectivity index (χ1n) is 4.64. The molecule has 0 bridgehead atoms. The molecular formula is C10H13NO4S. The number of hydrogen-bond donors (Lipinski definition) is 1. The fraction of sp³-hybridized carbons (Fsp3) is 0.300. The van der Waals surface area contributed by atoms with Gasteiger partial charge in [-0.1, -0.05) is 12.1 Å². The van der Waals surface area contributed by atoms with Crippen molar-refractivity contribution in [2.45, 2.75) is 13.3 Å². The molecule has 1 aromatic carbocycles. The van der Waals surface area contributed by atoms with Gasteiger partial charge in [-0.05, 0) is 24.6 Å². The third kappa shape index (κ3) is 4.00. The van der Waals surface area contributed by atoms with Crippen LogP contribution in [0.1, 0.15) is 12.5 Å². The Bertz CT molecular complexity index is 464. The van der Waals surface area contributed by atoms with Crippen LogP contribution in [-0.2, 0) is 21.5 Å². The average molecular weight is 243 g/mol. The summed E-state index contributed by atoms with van der Waals surface area (Å²) in [6.07, 6.45) is 0.332. The quantitative estimate of drug-likeness (QED) is 0.824. The van der Waals surface area contributed by atoms with Gasteiger partial charge in [0, 0.05) is 13.5 Å². The maximum atomic E-state index is 11.0. The van der Waals surface area contributed by atoms with E-state index in [0.29, 0.717) is 6.42 Å². The van der Waals surface area contributed by atoms with Gasteiger partial charge in [0.1, 0.15) is 11.5 Å². The van der Waals surface area contributed by atoms with Crippen LogP contribution in [0.2, 0.25) is 0 Å². The molecule has 0 fully saturated rings. The van der Waals surface area contributed by atoms with Gasteiger partial charge in [0.2, 0.25) is 0 Å². The van der Waals surface area contributed by atoms with Gasteiger partial charge in [0.05, 0.1) is 0 Å². The summed E-state index contributed by atoms with van der Waals surface area (Å²) in [7, 11) is -2.46. The predicted molar refractivity (Wildman–Crippen MR) is 59.4 cm³/mol. The van der Waals surface area contributed by atoms with Crippen molar-refractivity contribution in [3.8, 4) is 5.75 Å². The van der Waals surface area contributed by atoms with Gasteiger partial charge >= 0.3 is 10.3 Å². The molecule has 0 aliphatic rings. The molecule has 0 radical (unpaired) electrons. The van der Waals surface area contributed by atoms with Crippen LogP contribution in [0, 0.1) is 0 Å². The second-order valence-electron chi connectivity index (χ2n) is 3.26. The van der Waals surface area contributed by atoms with E-state index in [4.69, 9.17) is 0 Å². The van der Waals surface area contributed by atoms with Crippen LogP contribution in [0.25, 0.3) is 0 Å². The van der Waals surface area contributed by atoms with Crippen molar-refractivity contribution in [3.63, 3.8) is 0 Å². The largest absolute Gasteiger partial charge is 0.382 e. The van der Waals surface area contributed by atoms with Gasteiger partial charge in [-0.2, -0.15) is 13.1 Å². The SMILES string of the molecule is CNS(=O)(=O)Oc1ccc(CC(C)=O)cc1. The van der Waals surface area contributed by atoms with Crippen LogP contribution in [-0.4, -0.2) is 21.2 Å². The Kier molecular flexibility index (Phi) is 4.03. The fourth-order valence-corrected chi connectivity index (χ4v) is 1.57. The van der Waals surface area contributed by atoms with Crippen LogP contribution >= 0.6 is 0 Å². The van der Waals surface area contributed by atoms with E-state index in [0.717, 1.165) is 5.56 Å². The number of carbonyl (C=O) groups is 1. The lowest BCUT2D eigenvalue weighted by Crippen LogP contribution is -2.24. The molecule has 0 saturated carbocycles. The van der Waals surface area contributed by atoms with Crippen molar-refractivity contribution in [1.82, 2.24) is 4.72 Å². The predicted octanol–water partition coefficient (Wildman–Crippen LogP) is 0.661. The van der Waals surface area contributed by atoms with Gasteiger partial charge in [0.25, 0.3) is 0 Å². The summed E-state index contributed by atoms with van der Waals surface area (Å²) in [6, 6.07) is 6.32. The summed E-state index contributed by atoms with van der Waals surface area (Å²) in [4.78, 5) is 10.8. The van der Waals surface area contributed by atoms with Crippen LogP contribution in [0.3, 0.4) is 0 Å². The first-order chi connectivity index (χ1) is 7.43. The van der Waals surface area contributed by atoms with Crippen LogP contribution in [0.15, 0.2) is 24.3 Å². The van der Waals surface area contributed by atoms with E-state index in [9.17, 15) is 13.2 Å². The van der Waals surface area contributed by atoms with Gasteiger partial charge < -0.3 is 4.18 Å². The van der Waals surface area contributed by atoms with E-state index >= 15 is 0 Å². The Balaban J connectivity index is 2.76. The molecule has 1 N–H and O–H groups in total. The lowest BCUT2D eigenvalue weighted by atomic mass is 10.1. The highest BCUT2D eigenvalue weighted by atomic mass is 32.2. The second-order valence-corrected chi connectivity index (χ2v) is 4.75. The summed E-state index contributed by atoms with van der Waals surface area (Å²) in [6.45, 7) is 1.50. The molecule has 88 valence electrons. The van der Waals surface area contributed by atoms with E-state index in [2.05, 4.69) is 4.18 Å². The molecule has 1 rings (SSSR count). The number of Topliss-reactive ketones (excluding diaryl/α,β-unsaturated/α-hetero) is 1. The molecule has 0 aromatic heterocycles. The first-order valence-corrected chi connectivity index (χ1v) is 6.05. The molecule has 0 saturated heterocycles. The summed E-state index contributed by atoms with van der Waals surface area (Å²) in [5, 5.41) is 0. The maximum Gasteiger partial charge on any atom is 0.382 e. The Labute approximate surface area is 94.7 Å². The summed E-state index contributed by atoms with van der Waals surface area (Å²) in [5.41, 5.74) is 0.821. The normalized spacial score (nSPS) is 11.1. The summed E-state index contributed by atoms with van der Waals surface area (Å²) >= 11 is 0. The molecule has 16 heavy (non-hydrogen) atoms. The highest BCUT2D eigenvalue weighted by molar-refractivity contribution is 7.85. The number of hydrogen-bond acceptors (Lipinski definition) is 4. The molecule has 0 aliphatic carbocycles. The molecule has 0 spiro atoms. The third-order valence-corrected chi connectivity index (χ3v) is 2.74. The van der Waals surface area contributed by atoms with Gasteiger partial charge in [-0.15, -0.1) is 0 Å². The minimum Gasteiger partial charge on any atom is -0.371 e. The maximum absolute atomic E-state index is 11.0. The highest BCUT2D eigenvalue weighted by Crippen LogP contribution is 2.14. The van der Waals surface area contributed by atoms with Crippen molar-refractivity contribution < 1.29 is 17.4 Å². The second kappa shape index (κ2) is 5.09. The van der Waals surface area contributed by atoms with Crippen molar-refractivity contribution in [3.05, 3.63) is 29.8 Å². The molecule has 0 heterocycles. The smallest absolute Gasteiger partial charge is 0.371 e. The van der Waals surface area contributed by atoms with Crippen molar-refractivity contribution in [1.29, 1.82) is 0 Å². The molecule has 0 amide bonds. The summed E-state index contributed by atoms with van der Waals surface area (Å²) in [5.74, 6) is 0.262. The van der Waals surface area contributed by atoms with Gasteiger partial charge in [0.15, 0.2) is 0 Å². The molecule has 0 atom stereocenters. The number of nitrogens with one attached hydrogen (secondary N) is 1. The average Bonchev–Trinajstić information content (AvgIpc) is 2.20. The Morgan fingerprint density at radius 3 is 2.31 bits per heavy atom. The standard InChI is InChI=1S/C10H13NO4S/c1-8(12)7-9-3-5-10(6-4-9)15-16(13,14)11-2/h3-6,11H,7H2,1-2H3. The van der Waals surface area contributed by atoms with E-state index < -0.39 is 10.3 Å².